The molecule has 2 fully saturated rings. The number of carbonyl (C=O) groups excluding carboxylic acids is 1. The SMILES string of the molecule is Cc1cccc(C=NNc2cc(N3CCOCC3)n3nc(C4CCN(OCc5ccccc5)C(=C=O)C4)cc3n2)c1. The molecule has 1 atom stereocenters. The van der Waals surface area contributed by atoms with Crippen molar-refractivity contribution in [1.29, 1.82) is 0 Å². The van der Waals surface area contributed by atoms with E-state index < -0.39 is 0 Å². The van der Waals surface area contributed by atoms with Crippen LogP contribution in [0.25, 0.3) is 5.65 Å². The molecule has 0 aliphatic carbocycles. The summed E-state index contributed by atoms with van der Waals surface area (Å²) < 4.78 is 7.48. The van der Waals surface area contributed by atoms with E-state index in [-0.39, 0.29) is 5.92 Å². The summed E-state index contributed by atoms with van der Waals surface area (Å²) in [6, 6.07) is 22.1. The monoisotopic (exact) mass is 551 g/mol. The Kier molecular flexibility index (Phi) is 8.04. The van der Waals surface area contributed by atoms with Crippen molar-refractivity contribution in [3.63, 3.8) is 0 Å². The Morgan fingerprint density at radius 2 is 1.95 bits per heavy atom. The van der Waals surface area contributed by atoms with Crippen LogP contribution < -0.4 is 10.3 Å². The number of nitrogens with one attached hydrogen (secondary N) is 1. The molecule has 1 N–H and O–H groups in total. The van der Waals surface area contributed by atoms with Crippen LogP contribution in [0.2, 0.25) is 0 Å². The molecule has 1 unspecified atom stereocenters. The van der Waals surface area contributed by atoms with E-state index in [0.717, 1.165) is 47.8 Å². The van der Waals surface area contributed by atoms with Gasteiger partial charge in [0.2, 0.25) is 0 Å². The molecule has 0 amide bonds. The van der Waals surface area contributed by atoms with E-state index in [0.29, 0.717) is 44.3 Å². The van der Waals surface area contributed by atoms with Crippen LogP contribution in [0, 0.1) is 6.92 Å². The minimum absolute atomic E-state index is 0.0537. The first-order valence-corrected chi connectivity index (χ1v) is 13.9. The third-order valence-corrected chi connectivity index (χ3v) is 7.38. The lowest BCUT2D eigenvalue weighted by atomic mass is 9.93. The Bertz CT molecular complexity index is 1570. The van der Waals surface area contributed by atoms with Crippen molar-refractivity contribution in [2.24, 2.45) is 5.10 Å². The second kappa shape index (κ2) is 12.3. The number of aryl methyl sites for hydroxylation is 1. The number of morpholine rings is 1. The Labute approximate surface area is 238 Å². The molecule has 2 aliphatic rings. The summed E-state index contributed by atoms with van der Waals surface area (Å²) in [5.74, 6) is 3.71. The lowest BCUT2D eigenvalue weighted by Gasteiger charge is -2.32. The fourth-order valence-corrected chi connectivity index (χ4v) is 5.23. The van der Waals surface area contributed by atoms with E-state index in [2.05, 4.69) is 40.4 Å². The van der Waals surface area contributed by atoms with Gasteiger partial charge < -0.3 is 9.64 Å². The number of hydrazone groups is 1. The highest BCUT2D eigenvalue weighted by Gasteiger charge is 2.29. The zero-order valence-corrected chi connectivity index (χ0v) is 23.1. The van der Waals surface area contributed by atoms with Crippen LogP contribution in [-0.4, -0.2) is 64.7 Å². The van der Waals surface area contributed by atoms with E-state index in [4.69, 9.17) is 19.7 Å². The minimum Gasteiger partial charge on any atom is -0.378 e. The number of rotatable bonds is 8. The molecule has 4 heterocycles. The number of nitrogens with zero attached hydrogens (tertiary/aromatic N) is 6. The summed E-state index contributed by atoms with van der Waals surface area (Å²) in [7, 11) is 0. The van der Waals surface area contributed by atoms with Crippen molar-refractivity contribution in [2.75, 3.05) is 43.2 Å². The third kappa shape index (κ3) is 6.30. The van der Waals surface area contributed by atoms with Crippen molar-refractivity contribution < 1.29 is 14.4 Å². The number of anilines is 2. The number of allylic oxidation sites excluding steroid dienone is 1. The number of hydrogen-bond acceptors (Lipinski definition) is 9. The van der Waals surface area contributed by atoms with Gasteiger partial charge in [0.05, 0.1) is 31.7 Å². The zero-order chi connectivity index (χ0) is 28.0. The topological polar surface area (TPSA) is 96.6 Å². The highest BCUT2D eigenvalue weighted by Crippen LogP contribution is 2.34. The second-order valence-electron chi connectivity index (χ2n) is 10.3. The number of piperidine rings is 1. The van der Waals surface area contributed by atoms with Gasteiger partial charge in [0, 0.05) is 44.1 Å². The summed E-state index contributed by atoms with van der Waals surface area (Å²) in [6.07, 6.45) is 3.08. The van der Waals surface area contributed by atoms with Gasteiger partial charge in [-0.1, -0.05) is 60.2 Å². The van der Waals surface area contributed by atoms with Crippen molar-refractivity contribution in [3.05, 3.63) is 94.8 Å². The van der Waals surface area contributed by atoms with Gasteiger partial charge >= 0.3 is 0 Å². The largest absolute Gasteiger partial charge is 0.378 e. The molecule has 2 aromatic heterocycles. The summed E-state index contributed by atoms with van der Waals surface area (Å²) in [5.41, 5.74) is 8.46. The van der Waals surface area contributed by atoms with E-state index in [1.54, 1.807) is 11.3 Å². The summed E-state index contributed by atoms with van der Waals surface area (Å²) >= 11 is 0. The molecule has 2 saturated heterocycles. The molecule has 0 spiro atoms. The molecule has 10 heteroatoms. The zero-order valence-electron chi connectivity index (χ0n) is 23.1. The molecular formula is C31H33N7O3. The molecule has 0 radical (unpaired) electrons. The van der Waals surface area contributed by atoms with E-state index >= 15 is 0 Å². The number of fused-ring (bicyclic) bond motifs is 1. The quantitative estimate of drug-likeness (QED) is 0.196. The van der Waals surface area contributed by atoms with Gasteiger partial charge in [-0.3, -0.25) is 10.3 Å². The minimum atomic E-state index is 0.0537. The van der Waals surface area contributed by atoms with Gasteiger partial charge in [-0.05, 0) is 24.5 Å². The van der Waals surface area contributed by atoms with Crippen LogP contribution in [0.3, 0.4) is 0 Å². The predicted molar refractivity (Wildman–Crippen MR) is 158 cm³/mol. The van der Waals surface area contributed by atoms with Crippen molar-refractivity contribution in [3.8, 4) is 0 Å². The van der Waals surface area contributed by atoms with Crippen LogP contribution in [0.4, 0.5) is 11.6 Å². The lowest BCUT2D eigenvalue weighted by molar-refractivity contribution is -0.152. The van der Waals surface area contributed by atoms with Crippen molar-refractivity contribution in [2.45, 2.75) is 32.3 Å². The number of aromatic nitrogens is 3. The van der Waals surface area contributed by atoms with Gasteiger partial charge in [-0.2, -0.15) is 14.7 Å². The van der Waals surface area contributed by atoms with Crippen LogP contribution in [0.15, 0.2) is 77.5 Å². The van der Waals surface area contributed by atoms with Gasteiger partial charge in [-0.15, -0.1) is 0 Å². The van der Waals surface area contributed by atoms with Crippen molar-refractivity contribution >= 4 is 29.4 Å². The fourth-order valence-electron chi connectivity index (χ4n) is 5.23. The number of ether oxygens (including phenoxy) is 1. The molecule has 0 saturated carbocycles. The van der Waals surface area contributed by atoms with Crippen LogP contribution in [-0.2, 0) is 21.0 Å². The average molecular weight is 552 g/mol. The number of hydrogen-bond donors (Lipinski definition) is 1. The Morgan fingerprint density at radius 1 is 1.10 bits per heavy atom. The van der Waals surface area contributed by atoms with E-state index in [9.17, 15) is 4.79 Å². The maximum absolute atomic E-state index is 11.9. The molecule has 41 heavy (non-hydrogen) atoms. The van der Waals surface area contributed by atoms with Crippen LogP contribution in [0.5, 0.6) is 0 Å². The molecule has 2 aromatic carbocycles. The first-order chi connectivity index (χ1) is 20.2. The first-order valence-electron chi connectivity index (χ1n) is 13.9. The highest BCUT2D eigenvalue weighted by molar-refractivity contribution is 5.80. The first kappa shape index (κ1) is 26.7. The standard InChI is InChI=1S/C31H33N7O3/c1-23-6-5-9-25(16-23)20-32-34-29-19-31(36-12-14-40-15-13-36)38-30(33-29)18-28(35-38)26-10-11-37(27(17-26)21-39)41-22-24-7-3-2-4-8-24/h2-9,16,18-20,26H,10-15,17,22H2,1H3,(H,33,34). The van der Waals surface area contributed by atoms with E-state index in [1.807, 2.05) is 59.1 Å². The summed E-state index contributed by atoms with van der Waals surface area (Å²) in [6.45, 7) is 5.87. The van der Waals surface area contributed by atoms with Crippen LogP contribution >= 0.6 is 0 Å². The van der Waals surface area contributed by atoms with Crippen molar-refractivity contribution in [1.82, 2.24) is 19.7 Å². The molecule has 6 rings (SSSR count). The molecule has 0 bridgehead atoms. The smallest absolute Gasteiger partial charge is 0.160 e. The van der Waals surface area contributed by atoms with Gasteiger partial charge in [0.15, 0.2) is 11.5 Å². The Balaban J connectivity index is 1.22. The lowest BCUT2D eigenvalue weighted by Crippen LogP contribution is -2.37. The van der Waals surface area contributed by atoms with Crippen LogP contribution in [0.1, 0.15) is 41.1 Å². The molecule has 210 valence electrons. The number of hydroxylamine groups is 2. The molecule has 10 nitrogen and oxygen atoms in total. The third-order valence-electron chi connectivity index (χ3n) is 7.38. The van der Waals surface area contributed by atoms with Gasteiger partial charge in [-0.25, -0.2) is 14.8 Å². The Morgan fingerprint density at radius 3 is 2.76 bits per heavy atom. The maximum Gasteiger partial charge on any atom is 0.160 e. The second-order valence-corrected chi connectivity index (χ2v) is 10.3. The fraction of sp³-hybridized carbons (Fsp3) is 0.323. The molecular weight excluding hydrogens is 518 g/mol. The van der Waals surface area contributed by atoms with E-state index in [1.165, 1.54) is 5.56 Å². The predicted octanol–water partition coefficient (Wildman–Crippen LogP) is 4.35. The summed E-state index contributed by atoms with van der Waals surface area (Å²) in [4.78, 5) is 24.9. The molecule has 2 aliphatic heterocycles. The average Bonchev–Trinajstić information content (AvgIpc) is 3.45. The molecule has 4 aromatic rings. The Hall–Kier alpha value is -4.50. The highest BCUT2D eigenvalue weighted by atomic mass is 16.7. The maximum atomic E-state index is 11.9. The normalized spacial score (nSPS) is 17.8. The van der Waals surface area contributed by atoms with Gasteiger partial charge in [0.25, 0.3) is 0 Å². The van der Waals surface area contributed by atoms with Gasteiger partial charge in [0.1, 0.15) is 17.5 Å². The number of benzene rings is 2. The summed E-state index contributed by atoms with van der Waals surface area (Å²) in [5, 5.41) is 11.1.